The number of imide groups is 1. The van der Waals surface area contributed by atoms with Crippen molar-refractivity contribution >= 4 is 27.9 Å². The summed E-state index contributed by atoms with van der Waals surface area (Å²) in [6.07, 6.45) is -0.688. The van der Waals surface area contributed by atoms with Crippen molar-refractivity contribution in [2.24, 2.45) is 0 Å². The van der Waals surface area contributed by atoms with Crippen molar-refractivity contribution in [1.29, 1.82) is 0 Å². The number of amides is 3. The van der Waals surface area contributed by atoms with Gasteiger partial charge < -0.3 is 9.64 Å². The van der Waals surface area contributed by atoms with Crippen LogP contribution in [0.1, 0.15) is 28.7 Å². The number of rotatable bonds is 6. The van der Waals surface area contributed by atoms with Gasteiger partial charge >= 0.3 is 6.09 Å². The Morgan fingerprint density at radius 3 is 2.24 bits per heavy atom. The van der Waals surface area contributed by atoms with Crippen LogP contribution in [-0.2, 0) is 24.3 Å². The van der Waals surface area contributed by atoms with Crippen LogP contribution < -0.4 is 4.72 Å². The molecule has 3 amide bonds. The molecule has 0 aliphatic carbocycles. The number of likely N-dealkylation sites (tertiary alicyclic amines) is 1. The predicted molar refractivity (Wildman–Crippen MR) is 104 cm³/mol. The standard InChI is InChI=1S/C19H25N3O6S/c1-11-7-12(2)14(4)18(13(11)3)29(26,27)20-6-5-16(23)21-8-15(9-21)22-17(24)10-28-19(22)25/h7,15,20H,5-6,8-10H2,1-4H3. The summed E-state index contributed by atoms with van der Waals surface area (Å²) in [5.41, 5.74) is 3.18. The second kappa shape index (κ2) is 7.75. The Kier molecular flexibility index (Phi) is 5.68. The van der Waals surface area contributed by atoms with Gasteiger partial charge in [0, 0.05) is 26.1 Å². The molecule has 29 heavy (non-hydrogen) atoms. The molecule has 2 heterocycles. The molecule has 1 aromatic rings. The molecule has 158 valence electrons. The van der Waals surface area contributed by atoms with Crippen molar-refractivity contribution in [3.8, 4) is 0 Å². The number of carbonyl (C=O) groups excluding carboxylic acids is 3. The van der Waals surface area contributed by atoms with Crippen LogP contribution >= 0.6 is 0 Å². The van der Waals surface area contributed by atoms with Gasteiger partial charge in [-0.3, -0.25) is 9.59 Å². The summed E-state index contributed by atoms with van der Waals surface area (Å²) in [6.45, 7) is 7.46. The molecule has 0 spiro atoms. The minimum atomic E-state index is -3.75. The number of cyclic esters (lactones) is 1. The monoisotopic (exact) mass is 423 g/mol. The van der Waals surface area contributed by atoms with E-state index in [1.54, 1.807) is 13.8 Å². The highest BCUT2D eigenvalue weighted by molar-refractivity contribution is 7.89. The molecular weight excluding hydrogens is 398 g/mol. The van der Waals surface area contributed by atoms with E-state index in [0.717, 1.165) is 16.0 Å². The molecule has 0 bridgehead atoms. The topological polar surface area (TPSA) is 113 Å². The lowest BCUT2D eigenvalue weighted by atomic mass is 10.0. The maximum Gasteiger partial charge on any atom is 0.417 e. The molecule has 2 fully saturated rings. The van der Waals surface area contributed by atoms with Crippen molar-refractivity contribution in [3.63, 3.8) is 0 Å². The zero-order chi connectivity index (χ0) is 21.5. The van der Waals surface area contributed by atoms with Gasteiger partial charge in [-0.05, 0) is 49.9 Å². The van der Waals surface area contributed by atoms with Gasteiger partial charge in [0.15, 0.2) is 6.61 Å². The van der Waals surface area contributed by atoms with Crippen molar-refractivity contribution in [2.75, 3.05) is 26.2 Å². The first kappa shape index (κ1) is 21.3. The van der Waals surface area contributed by atoms with Crippen LogP contribution in [0, 0.1) is 27.7 Å². The summed E-state index contributed by atoms with van der Waals surface area (Å²) in [5.74, 6) is -0.642. The normalized spacial score (nSPS) is 17.5. The molecule has 0 radical (unpaired) electrons. The van der Waals surface area contributed by atoms with Crippen molar-refractivity contribution < 1.29 is 27.5 Å². The molecule has 1 aromatic carbocycles. The van der Waals surface area contributed by atoms with E-state index in [4.69, 9.17) is 0 Å². The Morgan fingerprint density at radius 2 is 1.72 bits per heavy atom. The van der Waals surface area contributed by atoms with E-state index in [2.05, 4.69) is 9.46 Å². The van der Waals surface area contributed by atoms with Crippen LogP contribution in [0.25, 0.3) is 0 Å². The molecule has 9 nitrogen and oxygen atoms in total. The van der Waals surface area contributed by atoms with Crippen molar-refractivity contribution in [2.45, 2.75) is 45.1 Å². The highest BCUT2D eigenvalue weighted by Gasteiger charge is 2.44. The Hall–Kier alpha value is -2.46. The quantitative estimate of drug-likeness (QED) is 0.723. The first-order valence-electron chi connectivity index (χ1n) is 9.36. The fraction of sp³-hybridized carbons (Fsp3) is 0.526. The number of nitrogens with zero attached hydrogens (tertiary/aromatic N) is 2. The van der Waals surface area contributed by atoms with Crippen LogP contribution in [0.5, 0.6) is 0 Å². The predicted octanol–water partition coefficient (Wildman–Crippen LogP) is 0.778. The van der Waals surface area contributed by atoms with Gasteiger partial charge in [0.2, 0.25) is 15.9 Å². The van der Waals surface area contributed by atoms with E-state index in [1.165, 1.54) is 4.90 Å². The second-order valence-corrected chi connectivity index (χ2v) is 9.21. The van der Waals surface area contributed by atoms with Gasteiger partial charge in [-0.2, -0.15) is 0 Å². The summed E-state index contributed by atoms with van der Waals surface area (Å²) in [7, 11) is -3.75. The molecular formula is C19H25N3O6S. The number of aryl methyl sites for hydroxylation is 2. The van der Waals surface area contributed by atoms with Gasteiger partial charge in [0.25, 0.3) is 5.91 Å². The first-order chi connectivity index (χ1) is 13.5. The Morgan fingerprint density at radius 1 is 1.14 bits per heavy atom. The molecule has 10 heteroatoms. The zero-order valence-corrected chi connectivity index (χ0v) is 17.8. The maximum atomic E-state index is 12.8. The summed E-state index contributed by atoms with van der Waals surface area (Å²) in [5, 5.41) is 0. The van der Waals surface area contributed by atoms with Crippen LogP contribution in [0.4, 0.5) is 4.79 Å². The second-order valence-electron chi connectivity index (χ2n) is 7.51. The molecule has 0 unspecified atom stereocenters. The Labute approximate surface area is 170 Å². The number of sulfonamides is 1. The van der Waals surface area contributed by atoms with E-state index in [9.17, 15) is 22.8 Å². The third kappa shape index (κ3) is 3.99. The highest BCUT2D eigenvalue weighted by atomic mass is 32.2. The summed E-state index contributed by atoms with van der Waals surface area (Å²) >= 11 is 0. The fourth-order valence-electron chi connectivity index (χ4n) is 3.65. The van der Waals surface area contributed by atoms with E-state index in [0.29, 0.717) is 11.1 Å². The highest BCUT2D eigenvalue weighted by Crippen LogP contribution is 2.26. The fourth-order valence-corrected chi connectivity index (χ4v) is 5.29. The minimum Gasteiger partial charge on any atom is -0.439 e. The van der Waals surface area contributed by atoms with Gasteiger partial charge in [0.1, 0.15) is 0 Å². The van der Waals surface area contributed by atoms with Gasteiger partial charge in [0.05, 0.1) is 10.9 Å². The third-order valence-electron chi connectivity index (χ3n) is 5.56. The van der Waals surface area contributed by atoms with Crippen LogP contribution in [0.2, 0.25) is 0 Å². The SMILES string of the molecule is Cc1cc(C)c(C)c(S(=O)(=O)NCCC(=O)N2CC(N3C(=O)COC3=O)C2)c1C. The largest absolute Gasteiger partial charge is 0.439 e. The lowest BCUT2D eigenvalue weighted by molar-refractivity contribution is -0.141. The molecule has 1 N–H and O–H groups in total. The molecule has 0 atom stereocenters. The number of nitrogens with one attached hydrogen (secondary N) is 1. The van der Waals surface area contributed by atoms with Gasteiger partial charge in [-0.1, -0.05) is 6.07 Å². The van der Waals surface area contributed by atoms with Gasteiger partial charge in [-0.25, -0.2) is 22.8 Å². The summed E-state index contributed by atoms with van der Waals surface area (Å²) in [4.78, 5) is 38.2. The van der Waals surface area contributed by atoms with Crippen molar-refractivity contribution in [3.05, 3.63) is 28.3 Å². The molecule has 2 aliphatic rings. The first-order valence-corrected chi connectivity index (χ1v) is 10.8. The third-order valence-corrected chi connectivity index (χ3v) is 7.30. The average Bonchev–Trinajstić information content (AvgIpc) is 2.91. The number of carbonyl (C=O) groups is 3. The number of hydrogen-bond donors (Lipinski definition) is 1. The molecule has 2 saturated heterocycles. The lowest BCUT2D eigenvalue weighted by Gasteiger charge is -2.42. The summed E-state index contributed by atoms with van der Waals surface area (Å²) in [6, 6.07) is 1.58. The Bertz CT molecular complexity index is 940. The van der Waals surface area contributed by atoms with E-state index in [1.807, 2.05) is 19.9 Å². The van der Waals surface area contributed by atoms with Crippen LogP contribution in [0.3, 0.4) is 0 Å². The van der Waals surface area contributed by atoms with E-state index >= 15 is 0 Å². The average molecular weight is 423 g/mol. The smallest absolute Gasteiger partial charge is 0.417 e. The Balaban J connectivity index is 1.55. The van der Waals surface area contributed by atoms with Crippen LogP contribution in [0.15, 0.2) is 11.0 Å². The maximum absolute atomic E-state index is 12.8. The molecule has 0 aromatic heterocycles. The lowest BCUT2D eigenvalue weighted by Crippen LogP contribution is -2.62. The zero-order valence-electron chi connectivity index (χ0n) is 16.9. The number of ether oxygens (including phenoxy) is 1. The van der Waals surface area contributed by atoms with Crippen molar-refractivity contribution in [1.82, 2.24) is 14.5 Å². The number of hydrogen-bond acceptors (Lipinski definition) is 6. The molecule has 3 rings (SSSR count). The van der Waals surface area contributed by atoms with E-state index < -0.39 is 22.0 Å². The van der Waals surface area contributed by atoms with Gasteiger partial charge in [-0.15, -0.1) is 0 Å². The molecule has 0 saturated carbocycles. The summed E-state index contributed by atoms with van der Waals surface area (Å²) < 4.78 is 32.7. The van der Waals surface area contributed by atoms with Crippen LogP contribution in [-0.4, -0.2) is 68.4 Å². The van der Waals surface area contributed by atoms with E-state index in [-0.39, 0.29) is 49.5 Å². The number of benzene rings is 1. The minimum absolute atomic E-state index is 0.00671. The molecule has 2 aliphatic heterocycles.